The molecule has 1 fully saturated rings. The number of hydrogen-bond acceptors (Lipinski definition) is 4. The summed E-state index contributed by atoms with van der Waals surface area (Å²) in [6.45, 7) is 5.48. The quantitative estimate of drug-likeness (QED) is 0.622. The van der Waals surface area contributed by atoms with Crippen LogP contribution >= 0.6 is 11.8 Å². The molecule has 1 unspecified atom stereocenters. The second-order valence-electron chi connectivity index (χ2n) is 5.18. The van der Waals surface area contributed by atoms with Crippen LogP contribution in [0.5, 0.6) is 0 Å². The van der Waals surface area contributed by atoms with E-state index < -0.39 is 5.97 Å². The van der Waals surface area contributed by atoms with Crippen molar-refractivity contribution in [1.82, 2.24) is 15.5 Å². The lowest BCUT2D eigenvalue weighted by molar-refractivity contribution is -0.139. The van der Waals surface area contributed by atoms with E-state index in [0.29, 0.717) is 11.8 Å². The number of rotatable bonds is 8. The topological polar surface area (TPSA) is 81.7 Å². The fourth-order valence-corrected chi connectivity index (χ4v) is 2.48. The summed E-state index contributed by atoms with van der Waals surface area (Å²) in [6, 6.07) is 0.301. The molecule has 0 heterocycles. The van der Waals surface area contributed by atoms with Gasteiger partial charge in [0.2, 0.25) is 0 Å². The Kier molecular flexibility index (Phi) is 7.15. The molecule has 20 heavy (non-hydrogen) atoms. The number of thioether (sulfide) groups is 1. The lowest BCUT2D eigenvalue weighted by atomic mass is 9.85. The highest BCUT2D eigenvalue weighted by Gasteiger charge is 2.34. The highest BCUT2D eigenvalue weighted by molar-refractivity contribution is 7.99. The average Bonchev–Trinajstić information content (AvgIpc) is 2.37. The molecule has 1 rings (SSSR count). The Morgan fingerprint density at radius 1 is 1.45 bits per heavy atom. The van der Waals surface area contributed by atoms with Crippen LogP contribution < -0.4 is 10.6 Å². The third kappa shape index (κ3) is 5.58. The van der Waals surface area contributed by atoms with Gasteiger partial charge in [-0.1, -0.05) is 13.8 Å². The van der Waals surface area contributed by atoms with Gasteiger partial charge in [-0.05, 0) is 25.6 Å². The largest absolute Gasteiger partial charge is 0.480 e. The monoisotopic (exact) mass is 303 g/mol. The third-order valence-corrected chi connectivity index (χ3v) is 4.63. The van der Waals surface area contributed by atoms with E-state index in [-0.39, 0.29) is 24.7 Å². The Morgan fingerprint density at radius 2 is 2.10 bits per heavy atom. The summed E-state index contributed by atoms with van der Waals surface area (Å²) in [7, 11) is 0. The van der Waals surface area contributed by atoms with E-state index in [1.54, 1.807) is 11.8 Å². The number of amides is 2. The maximum Gasteiger partial charge on any atom is 0.317 e. The maximum absolute atomic E-state index is 11.7. The summed E-state index contributed by atoms with van der Waals surface area (Å²) in [5.41, 5.74) is 0. The van der Waals surface area contributed by atoms with Crippen LogP contribution in [0.4, 0.5) is 4.79 Å². The van der Waals surface area contributed by atoms with Crippen LogP contribution in [0.3, 0.4) is 0 Å². The predicted molar refractivity (Wildman–Crippen MR) is 81.2 cm³/mol. The van der Waals surface area contributed by atoms with Gasteiger partial charge in [0, 0.05) is 23.9 Å². The van der Waals surface area contributed by atoms with Crippen molar-refractivity contribution in [1.29, 1.82) is 0 Å². The molecule has 1 atom stereocenters. The van der Waals surface area contributed by atoms with E-state index >= 15 is 0 Å². The minimum Gasteiger partial charge on any atom is -0.480 e. The van der Waals surface area contributed by atoms with E-state index in [1.807, 2.05) is 18.1 Å². The van der Waals surface area contributed by atoms with Crippen LogP contribution in [0, 0.1) is 0 Å². The van der Waals surface area contributed by atoms with Crippen LogP contribution in [-0.2, 0) is 4.79 Å². The van der Waals surface area contributed by atoms with E-state index in [9.17, 15) is 9.59 Å². The average molecular weight is 303 g/mol. The Bertz CT molecular complexity index is 335. The van der Waals surface area contributed by atoms with E-state index in [4.69, 9.17) is 5.11 Å². The molecule has 0 aromatic carbocycles. The van der Waals surface area contributed by atoms with Crippen molar-refractivity contribution in [2.75, 3.05) is 25.9 Å². The molecule has 6 nitrogen and oxygen atoms in total. The van der Waals surface area contributed by atoms with Crippen molar-refractivity contribution < 1.29 is 14.7 Å². The first-order valence-corrected chi connectivity index (χ1v) is 8.28. The lowest BCUT2D eigenvalue weighted by Gasteiger charge is -2.42. The molecule has 0 aromatic rings. The van der Waals surface area contributed by atoms with Crippen molar-refractivity contribution in [2.45, 2.75) is 44.0 Å². The van der Waals surface area contributed by atoms with Crippen molar-refractivity contribution in [2.24, 2.45) is 0 Å². The smallest absolute Gasteiger partial charge is 0.317 e. The molecular formula is C13H25N3O3S. The molecule has 0 aliphatic heterocycles. The summed E-state index contributed by atoms with van der Waals surface area (Å²) in [5.74, 6) is -0.799. The summed E-state index contributed by atoms with van der Waals surface area (Å²) >= 11 is 1.71. The van der Waals surface area contributed by atoms with Crippen molar-refractivity contribution in [3.05, 3.63) is 0 Å². The van der Waals surface area contributed by atoms with Gasteiger partial charge < -0.3 is 15.7 Å². The molecule has 0 saturated heterocycles. The van der Waals surface area contributed by atoms with Gasteiger partial charge in [-0.2, -0.15) is 11.8 Å². The number of carbonyl (C=O) groups excluding carboxylic acids is 1. The zero-order chi connectivity index (χ0) is 15.1. The number of carbonyl (C=O) groups is 2. The first kappa shape index (κ1) is 17.1. The number of likely N-dealkylation sites (N-methyl/N-ethyl adjacent to an activating group) is 1. The normalized spacial score (nSPS) is 23.0. The molecule has 116 valence electrons. The van der Waals surface area contributed by atoms with E-state index in [0.717, 1.165) is 19.4 Å². The Labute approximate surface area is 124 Å². The van der Waals surface area contributed by atoms with Crippen molar-refractivity contribution in [3.63, 3.8) is 0 Å². The van der Waals surface area contributed by atoms with Gasteiger partial charge in [0.1, 0.15) is 0 Å². The van der Waals surface area contributed by atoms with Gasteiger partial charge in [-0.15, -0.1) is 0 Å². The Hall–Kier alpha value is -0.950. The van der Waals surface area contributed by atoms with Crippen LogP contribution in [-0.4, -0.2) is 65.2 Å². The molecule has 3 N–H and O–H groups in total. The summed E-state index contributed by atoms with van der Waals surface area (Å²) in [6.07, 6.45) is 3.67. The van der Waals surface area contributed by atoms with Crippen molar-refractivity contribution in [3.8, 4) is 0 Å². The minimum atomic E-state index is -0.799. The molecule has 1 aliphatic carbocycles. The molecule has 2 amide bonds. The van der Waals surface area contributed by atoms with Crippen LogP contribution in [0.15, 0.2) is 0 Å². The van der Waals surface area contributed by atoms with E-state index in [2.05, 4.69) is 17.6 Å². The Morgan fingerprint density at radius 3 is 2.60 bits per heavy atom. The summed E-state index contributed by atoms with van der Waals surface area (Å²) in [4.78, 5) is 24.3. The highest BCUT2D eigenvalue weighted by Crippen LogP contribution is 2.25. The first-order valence-electron chi connectivity index (χ1n) is 6.99. The predicted octanol–water partition coefficient (Wildman–Crippen LogP) is 0.975. The number of nitrogens with one attached hydrogen (secondary N) is 2. The van der Waals surface area contributed by atoms with Crippen LogP contribution in [0.25, 0.3) is 0 Å². The number of nitrogens with zero attached hydrogens (tertiary/aromatic N) is 1. The molecule has 0 radical (unpaired) electrons. The molecule has 0 aromatic heterocycles. The van der Waals surface area contributed by atoms with Gasteiger partial charge >= 0.3 is 12.0 Å². The zero-order valence-electron chi connectivity index (χ0n) is 12.4. The zero-order valence-corrected chi connectivity index (χ0v) is 13.2. The molecular weight excluding hydrogens is 278 g/mol. The molecule has 1 saturated carbocycles. The number of urea groups is 1. The highest BCUT2D eigenvalue weighted by atomic mass is 32.2. The van der Waals surface area contributed by atoms with Crippen LogP contribution in [0.1, 0.15) is 26.7 Å². The van der Waals surface area contributed by atoms with Crippen LogP contribution in [0.2, 0.25) is 0 Å². The summed E-state index contributed by atoms with van der Waals surface area (Å²) in [5, 5.41) is 15.0. The van der Waals surface area contributed by atoms with Gasteiger partial charge in [0.05, 0.1) is 6.54 Å². The minimum absolute atomic E-state index is 0.0747. The van der Waals surface area contributed by atoms with Gasteiger partial charge in [-0.3, -0.25) is 9.69 Å². The fraction of sp³-hybridized carbons (Fsp3) is 0.846. The number of carboxylic acid groups (broad SMARTS) is 1. The number of carboxylic acids is 1. The number of hydrogen-bond donors (Lipinski definition) is 3. The van der Waals surface area contributed by atoms with Crippen molar-refractivity contribution >= 4 is 23.8 Å². The molecule has 0 bridgehead atoms. The maximum atomic E-state index is 11.7. The summed E-state index contributed by atoms with van der Waals surface area (Å²) < 4.78 is 0. The Balaban J connectivity index is 2.20. The van der Waals surface area contributed by atoms with Gasteiger partial charge in [0.15, 0.2) is 0 Å². The second kappa shape index (κ2) is 8.36. The number of aliphatic carboxylic acids is 1. The third-order valence-electron chi connectivity index (χ3n) is 3.66. The second-order valence-corrected chi connectivity index (χ2v) is 6.46. The first-order chi connectivity index (χ1) is 9.46. The SMILES string of the molecule is CCN(CC(=O)O)C1CC(NC(=O)NCC(C)SC)C1. The standard InChI is InChI=1S/C13H25N3O3S/c1-4-16(8-12(17)18)11-5-10(6-11)15-13(19)14-7-9(2)20-3/h9-11H,4-8H2,1-3H3,(H,17,18)(H2,14,15,19). The lowest BCUT2D eigenvalue weighted by Crippen LogP contribution is -2.56. The fourth-order valence-electron chi connectivity index (χ4n) is 2.23. The van der Waals surface area contributed by atoms with Gasteiger partial charge in [0.25, 0.3) is 0 Å². The molecule has 7 heteroatoms. The molecule has 0 spiro atoms. The van der Waals surface area contributed by atoms with Gasteiger partial charge in [-0.25, -0.2) is 4.79 Å². The van der Waals surface area contributed by atoms with E-state index in [1.165, 1.54) is 0 Å². The molecule has 1 aliphatic rings.